The number of nitrogens with one attached hydrogen (secondary N) is 1. The molecule has 0 bridgehead atoms. The third-order valence-electron chi connectivity index (χ3n) is 4.49. The molecule has 0 fully saturated rings. The van der Waals surface area contributed by atoms with Crippen LogP contribution in [0, 0.1) is 5.92 Å². The lowest BCUT2D eigenvalue weighted by molar-refractivity contribution is 0.159. The van der Waals surface area contributed by atoms with E-state index in [1.54, 1.807) is 0 Å². The fraction of sp³-hybridized carbons (Fsp3) is 0.550. The average Bonchev–Trinajstić information content (AvgIpc) is 3.02. The van der Waals surface area contributed by atoms with Gasteiger partial charge in [0.1, 0.15) is 5.52 Å². The quantitative estimate of drug-likeness (QED) is 0.725. The van der Waals surface area contributed by atoms with E-state index >= 15 is 0 Å². The lowest BCUT2D eigenvalue weighted by Crippen LogP contribution is -2.17. The number of aryl methyl sites for hydroxylation is 1. The summed E-state index contributed by atoms with van der Waals surface area (Å²) in [6.07, 6.45) is 10.5. The molecule has 6 heteroatoms. The number of nitrogens with zero attached hydrogens (tertiary/aromatic N) is 3. The molecule has 2 aromatic heterocycles. The number of allylic oxidation sites excluding steroid dienone is 1. The molecule has 2 aromatic rings. The molecule has 26 heavy (non-hydrogen) atoms. The fourth-order valence-electron chi connectivity index (χ4n) is 3.31. The third kappa shape index (κ3) is 4.06. The van der Waals surface area contributed by atoms with E-state index in [1.807, 2.05) is 12.4 Å². The second-order valence-electron chi connectivity index (χ2n) is 7.22. The number of fused-ring (bicyclic) bond motifs is 3. The maximum atomic E-state index is 12.1. The number of pyridine rings is 1. The molecule has 0 aliphatic heterocycles. The van der Waals surface area contributed by atoms with Gasteiger partial charge in [-0.1, -0.05) is 39.7 Å². The Labute approximate surface area is 154 Å². The maximum absolute atomic E-state index is 12.1. The molecule has 0 radical (unpaired) electrons. The number of ether oxygens (including phenoxy) is 1. The van der Waals surface area contributed by atoms with Gasteiger partial charge in [0.15, 0.2) is 5.82 Å². The van der Waals surface area contributed by atoms with Crippen LogP contribution in [0.5, 0.6) is 0 Å². The minimum absolute atomic E-state index is 0.426. The van der Waals surface area contributed by atoms with Crippen LogP contribution in [0.2, 0.25) is 0 Å². The molecule has 1 aliphatic rings. The standard InChI is InChI=1S/C20H28N4O2/c1-4-5-8-11-26-20(25)23-19-17-18(24(13-21-17)12-14(2)3)15-9-6-7-10-16(15)22-19/h7,10,13-14H,4-6,8-9,11-12H2,1-3H3,(H,22,23,25). The second kappa shape index (κ2) is 8.34. The first kappa shape index (κ1) is 18.4. The minimum atomic E-state index is -0.465. The highest BCUT2D eigenvalue weighted by atomic mass is 16.5. The van der Waals surface area contributed by atoms with Crippen molar-refractivity contribution in [1.82, 2.24) is 14.5 Å². The van der Waals surface area contributed by atoms with Gasteiger partial charge < -0.3 is 9.30 Å². The highest BCUT2D eigenvalue weighted by Crippen LogP contribution is 2.31. The van der Waals surface area contributed by atoms with Crippen LogP contribution in [0.25, 0.3) is 17.1 Å². The first-order valence-electron chi connectivity index (χ1n) is 9.58. The van der Waals surface area contributed by atoms with E-state index in [-0.39, 0.29) is 0 Å². The van der Waals surface area contributed by atoms with Crippen LogP contribution in [0.15, 0.2) is 12.4 Å². The van der Waals surface area contributed by atoms with E-state index in [2.05, 4.69) is 46.7 Å². The molecule has 0 saturated carbocycles. The molecule has 0 aromatic carbocycles. The van der Waals surface area contributed by atoms with E-state index in [4.69, 9.17) is 4.74 Å². The first-order valence-corrected chi connectivity index (χ1v) is 9.58. The van der Waals surface area contributed by atoms with Crippen molar-refractivity contribution in [2.24, 2.45) is 5.92 Å². The Hall–Kier alpha value is -2.37. The summed E-state index contributed by atoms with van der Waals surface area (Å²) in [7, 11) is 0. The molecule has 0 spiro atoms. The number of amides is 1. The van der Waals surface area contributed by atoms with Gasteiger partial charge in [-0.05, 0) is 31.3 Å². The third-order valence-corrected chi connectivity index (χ3v) is 4.49. The van der Waals surface area contributed by atoms with Crippen LogP contribution in [-0.4, -0.2) is 27.2 Å². The Morgan fingerprint density at radius 2 is 2.23 bits per heavy atom. The Morgan fingerprint density at radius 3 is 3.00 bits per heavy atom. The zero-order valence-corrected chi connectivity index (χ0v) is 15.9. The van der Waals surface area contributed by atoms with Crippen molar-refractivity contribution in [2.45, 2.75) is 59.4 Å². The van der Waals surface area contributed by atoms with E-state index in [1.165, 1.54) is 5.56 Å². The number of carbonyl (C=O) groups is 1. The topological polar surface area (TPSA) is 69.0 Å². The second-order valence-corrected chi connectivity index (χ2v) is 7.22. The Bertz CT molecular complexity index is 808. The zero-order chi connectivity index (χ0) is 18.5. The summed E-state index contributed by atoms with van der Waals surface area (Å²) in [5.74, 6) is 0.989. The minimum Gasteiger partial charge on any atom is -0.449 e. The van der Waals surface area contributed by atoms with Crippen LogP contribution >= 0.6 is 0 Å². The largest absolute Gasteiger partial charge is 0.449 e. The summed E-state index contributed by atoms with van der Waals surface area (Å²) in [6.45, 7) is 7.81. The highest BCUT2D eigenvalue weighted by molar-refractivity contribution is 5.97. The fourth-order valence-corrected chi connectivity index (χ4v) is 3.31. The maximum Gasteiger partial charge on any atom is 0.412 e. The molecular weight excluding hydrogens is 328 g/mol. The van der Waals surface area contributed by atoms with Gasteiger partial charge in [0.2, 0.25) is 0 Å². The number of carbonyl (C=O) groups excluding carboxylic acids is 1. The van der Waals surface area contributed by atoms with Crippen molar-refractivity contribution >= 4 is 29.0 Å². The van der Waals surface area contributed by atoms with Crippen LogP contribution in [0.3, 0.4) is 0 Å². The molecule has 1 aliphatic carbocycles. The summed E-state index contributed by atoms with van der Waals surface area (Å²) in [5, 5.41) is 2.80. The van der Waals surface area contributed by atoms with Crippen molar-refractivity contribution in [3.05, 3.63) is 23.7 Å². The van der Waals surface area contributed by atoms with E-state index in [9.17, 15) is 4.79 Å². The van der Waals surface area contributed by atoms with Crippen molar-refractivity contribution in [3.63, 3.8) is 0 Å². The molecule has 0 unspecified atom stereocenters. The van der Waals surface area contributed by atoms with Gasteiger partial charge in [0.05, 0.1) is 24.1 Å². The first-order chi connectivity index (χ1) is 12.6. The van der Waals surface area contributed by atoms with E-state index in [0.717, 1.165) is 55.4 Å². The van der Waals surface area contributed by atoms with Crippen molar-refractivity contribution < 1.29 is 9.53 Å². The highest BCUT2D eigenvalue weighted by Gasteiger charge is 2.20. The number of unbranched alkanes of at least 4 members (excludes halogenated alkanes) is 2. The van der Waals surface area contributed by atoms with Crippen LogP contribution in [0.1, 0.15) is 57.7 Å². The number of imidazole rings is 1. The SMILES string of the molecule is CCCCCOC(=O)Nc1nc2c(c3c1ncn3CC(C)C)CCC=C2. The van der Waals surface area contributed by atoms with Gasteiger partial charge in [0, 0.05) is 12.1 Å². The Morgan fingerprint density at radius 1 is 1.38 bits per heavy atom. The molecule has 1 amide bonds. The van der Waals surface area contributed by atoms with Gasteiger partial charge >= 0.3 is 6.09 Å². The van der Waals surface area contributed by atoms with Crippen LogP contribution in [0.4, 0.5) is 10.6 Å². The monoisotopic (exact) mass is 356 g/mol. The van der Waals surface area contributed by atoms with Gasteiger partial charge in [0.25, 0.3) is 0 Å². The van der Waals surface area contributed by atoms with Gasteiger partial charge in [-0.2, -0.15) is 0 Å². The predicted octanol–water partition coefficient (Wildman–Crippen LogP) is 4.79. The van der Waals surface area contributed by atoms with Gasteiger partial charge in [-0.25, -0.2) is 14.8 Å². The number of aromatic nitrogens is 3. The number of rotatable bonds is 7. The molecule has 0 saturated heterocycles. The number of hydrogen-bond donors (Lipinski definition) is 1. The van der Waals surface area contributed by atoms with E-state index in [0.29, 0.717) is 18.3 Å². The van der Waals surface area contributed by atoms with Crippen LogP contribution < -0.4 is 5.32 Å². The smallest absolute Gasteiger partial charge is 0.412 e. The van der Waals surface area contributed by atoms with E-state index < -0.39 is 6.09 Å². The molecule has 3 rings (SSSR count). The van der Waals surface area contributed by atoms with Crippen LogP contribution in [-0.2, 0) is 17.7 Å². The van der Waals surface area contributed by atoms with Crippen molar-refractivity contribution in [1.29, 1.82) is 0 Å². The summed E-state index contributed by atoms with van der Waals surface area (Å²) in [6, 6.07) is 0. The molecule has 140 valence electrons. The van der Waals surface area contributed by atoms with Gasteiger partial charge in [-0.3, -0.25) is 5.32 Å². The summed E-state index contributed by atoms with van der Waals surface area (Å²) >= 11 is 0. The molecule has 2 heterocycles. The molecule has 0 atom stereocenters. The average molecular weight is 356 g/mol. The summed E-state index contributed by atoms with van der Waals surface area (Å²) in [4.78, 5) is 21.3. The number of hydrogen-bond acceptors (Lipinski definition) is 4. The molecular formula is C20H28N4O2. The zero-order valence-electron chi connectivity index (χ0n) is 15.9. The van der Waals surface area contributed by atoms with Crippen molar-refractivity contribution in [2.75, 3.05) is 11.9 Å². The summed E-state index contributed by atoms with van der Waals surface area (Å²) < 4.78 is 7.45. The lowest BCUT2D eigenvalue weighted by Gasteiger charge is -2.16. The normalized spacial score (nSPS) is 13.2. The Balaban J connectivity index is 1.90. The Kier molecular flexibility index (Phi) is 5.91. The van der Waals surface area contributed by atoms with Crippen molar-refractivity contribution in [3.8, 4) is 0 Å². The molecule has 6 nitrogen and oxygen atoms in total. The lowest BCUT2D eigenvalue weighted by atomic mass is 10.00. The number of anilines is 1. The molecule has 1 N–H and O–H groups in total. The summed E-state index contributed by atoms with van der Waals surface area (Å²) in [5.41, 5.74) is 3.94. The van der Waals surface area contributed by atoms with Gasteiger partial charge in [-0.15, -0.1) is 0 Å². The predicted molar refractivity (Wildman–Crippen MR) is 104 cm³/mol.